The van der Waals surface area contributed by atoms with E-state index in [1.165, 1.54) is 32.1 Å². The molecule has 3 unspecified atom stereocenters. The van der Waals surface area contributed by atoms with Crippen molar-refractivity contribution in [3.05, 3.63) is 0 Å². The maximum atomic E-state index is 3.80. The molecule has 0 amide bonds. The van der Waals surface area contributed by atoms with Gasteiger partial charge in [-0.3, -0.25) is 0 Å². The van der Waals surface area contributed by atoms with E-state index in [-0.39, 0.29) is 0 Å². The quantitative estimate of drug-likeness (QED) is 0.666. The maximum Gasteiger partial charge on any atom is 0.00979 e. The van der Waals surface area contributed by atoms with Crippen LogP contribution in [0.15, 0.2) is 0 Å². The average molecular weight is 167 g/mol. The molecule has 1 heteroatoms. The van der Waals surface area contributed by atoms with Gasteiger partial charge >= 0.3 is 0 Å². The van der Waals surface area contributed by atoms with E-state index in [0.29, 0.717) is 0 Å². The van der Waals surface area contributed by atoms with Crippen LogP contribution in [0.25, 0.3) is 0 Å². The van der Waals surface area contributed by atoms with Gasteiger partial charge in [-0.05, 0) is 37.5 Å². The molecule has 2 aliphatic rings. The highest BCUT2D eigenvalue weighted by Crippen LogP contribution is 2.32. The number of nitrogens with one attached hydrogen (secondary N) is 1. The zero-order chi connectivity index (χ0) is 8.55. The molecule has 2 rings (SSSR count). The lowest BCUT2D eigenvalue weighted by atomic mass is 9.90. The van der Waals surface area contributed by atoms with Crippen LogP contribution in [0.1, 0.15) is 46.0 Å². The molecule has 0 aromatic heterocycles. The third-order valence-corrected chi connectivity index (χ3v) is 4.02. The van der Waals surface area contributed by atoms with Crippen molar-refractivity contribution in [2.24, 2.45) is 11.8 Å². The van der Waals surface area contributed by atoms with Gasteiger partial charge in [0.25, 0.3) is 0 Å². The second kappa shape index (κ2) is 3.37. The van der Waals surface area contributed by atoms with E-state index in [4.69, 9.17) is 0 Å². The van der Waals surface area contributed by atoms with Gasteiger partial charge in [-0.1, -0.05) is 20.3 Å². The predicted molar refractivity (Wildman–Crippen MR) is 52.1 cm³/mol. The van der Waals surface area contributed by atoms with Crippen LogP contribution in [-0.2, 0) is 0 Å². The van der Waals surface area contributed by atoms with Gasteiger partial charge in [0.15, 0.2) is 0 Å². The molecule has 0 aromatic rings. The van der Waals surface area contributed by atoms with Crippen molar-refractivity contribution in [1.82, 2.24) is 5.32 Å². The van der Waals surface area contributed by atoms with Crippen LogP contribution in [0.2, 0.25) is 0 Å². The molecule has 0 aromatic carbocycles. The smallest absolute Gasteiger partial charge is 0.00979 e. The van der Waals surface area contributed by atoms with Gasteiger partial charge in [0.1, 0.15) is 0 Å². The highest BCUT2D eigenvalue weighted by atomic mass is 15.0. The molecule has 0 aliphatic heterocycles. The number of rotatable bonds is 2. The lowest BCUT2D eigenvalue weighted by Crippen LogP contribution is -2.43. The molecule has 2 saturated carbocycles. The summed E-state index contributed by atoms with van der Waals surface area (Å²) in [6, 6.07) is 1.72. The van der Waals surface area contributed by atoms with Crippen LogP contribution in [0.4, 0.5) is 0 Å². The highest BCUT2D eigenvalue weighted by Gasteiger charge is 2.32. The van der Waals surface area contributed by atoms with Crippen LogP contribution in [-0.4, -0.2) is 12.1 Å². The lowest BCUT2D eigenvalue weighted by Gasteiger charge is -2.32. The van der Waals surface area contributed by atoms with Gasteiger partial charge in [-0.15, -0.1) is 0 Å². The number of hydrogen-bond acceptors (Lipinski definition) is 1. The SMILES string of the molecule is CC1CCC(NC2CCC2)C1C. The molecular weight excluding hydrogens is 146 g/mol. The van der Waals surface area contributed by atoms with Crippen molar-refractivity contribution < 1.29 is 0 Å². The van der Waals surface area contributed by atoms with E-state index >= 15 is 0 Å². The Hall–Kier alpha value is -0.0400. The Morgan fingerprint density at radius 2 is 1.75 bits per heavy atom. The summed E-state index contributed by atoms with van der Waals surface area (Å²) >= 11 is 0. The van der Waals surface area contributed by atoms with Gasteiger partial charge in [0, 0.05) is 12.1 Å². The minimum absolute atomic E-state index is 0.838. The Bertz CT molecular complexity index is 151. The summed E-state index contributed by atoms with van der Waals surface area (Å²) in [7, 11) is 0. The molecule has 0 heterocycles. The second-order valence-corrected chi connectivity index (χ2v) is 4.81. The number of hydrogen-bond donors (Lipinski definition) is 1. The van der Waals surface area contributed by atoms with Crippen molar-refractivity contribution in [2.45, 2.75) is 58.0 Å². The first-order valence-electron chi connectivity index (χ1n) is 5.53. The van der Waals surface area contributed by atoms with Crippen LogP contribution in [0, 0.1) is 11.8 Å². The Labute approximate surface area is 75.9 Å². The minimum Gasteiger partial charge on any atom is -0.311 e. The van der Waals surface area contributed by atoms with Crippen molar-refractivity contribution in [2.75, 3.05) is 0 Å². The molecule has 1 nitrogen and oxygen atoms in total. The zero-order valence-electron chi connectivity index (χ0n) is 8.34. The van der Waals surface area contributed by atoms with Gasteiger partial charge < -0.3 is 5.32 Å². The summed E-state index contributed by atoms with van der Waals surface area (Å²) in [6.07, 6.45) is 7.16. The zero-order valence-corrected chi connectivity index (χ0v) is 8.34. The molecule has 2 fully saturated rings. The van der Waals surface area contributed by atoms with E-state index in [0.717, 1.165) is 23.9 Å². The molecule has 0 bridgehead atoms. The third-order valence-electron chi connectivity index (χ3n) is 4.02. The van der Waals surface area contributed by atoms with Crippen LogP contribution in [0.3, 0.4) is 0 Å². The Morgan fingerprint density at radius 3 is 2.17 bits per heavy atom. The summed E-state index contributed by atoms with van der Waals surface area (Å²) < 4.78 is 0. The Kier molecular flexibility index (Phi) is 2.40. The van der Waals surface area contributed by atoms with Crippen LogP contribution in [0.5, 0.6) is 0 Å². The molecule has 2 aliphatic carbocycles. The summed E-state index contributed by atoms with van der Waals surface area (Å²) in [6.45, 7) is 4.81. The summed E-state index contributed by atoms with van der Waals surface area (Å²) in [5.74, 6) is 1.85. The van der Waals surface area contributed by atoms with E-state index in [2.05, 4.69) is 19.2 Å². The largest absolute Gasteiger partial charge is 0.311 e. The van der Waals surface area contributed by atoms with E-state index in [1.807, 2.05) is 0 Å². The highest BCUT2D eigenvalue weighted by molar-refractivity contribution is 4.89. The Balaban J connectivity index is 1.79. The topological polar surface area (TPSA) is 12.0 Å². The van der Waals surface area contributed by atoms with Gasteiger partial charge in [0.05, 0.1) is 0 Å². The van der Waals surface area contributed by atoms with Crippen molar-refractivity contribution in [3.63, 3.8) is 0 Å². The first-order chi connectivity index (χ1) is 5.77. The van der Waals surface area contributed by atoms with E-state index in [1.54, 1.807) is 0 Å². The normalized spacial score (nSPS) is 43.0. The summed E-state index contributed by atoms with van der Waals surface area (Å²) in [4.78, 5) is 0. The minimum atomic E-state index is 0.838. The fraction of sp³-hybridized carbons (Fsp3) is 1.00. The van der Waals surface area contributed by atoms with E-state index in [9.17, 15) is 0 Å². The molecule has 1 N–H and O–H groups in total. The molecule has 0 spiro atoms. The second-order valence-electron chi connectivity index (χ2n) is 4.81. The lowest BCUT2D eigenvalue weighted by molar-refractivity contribution is 0.268. The predicted octanol–water partition coefficient (Wildman–Crippen LogP) is 2.56. The average Bonchev–Trinajstić information content (AvgIpc) is 2.27. The first kappa shape index (κ1) is 8.55. The van der Waals surface area contributed by atoms with Crippen LogP contribution < -0.4 is 5.32 Å². The van der Waals surface area contributed by atoms with Gasteiger partial charge in [0.2, 0.25) is 0 Å². The van der Waals surface area contributed by atoms with Crippen LogP contribution >= 0.6 is 0 Å². The summed E-state index contributed by atoms with van der Waals surface area (Å²) in [5.41, 5.74) is 0. The van der Waals surface area contributed by atoms with E-state index < -0.39 is 0 Å². The Morgan fingerprint density at radius 1 is 1.00 bits per heavy atom. The molecule has 70 valence electrons. The molecule has 0 saturated heterocycles. The first-order valence-corrected chi connectivity index (χ1v) is 5.53. The molecular formula is C11H21N. The molecule has 0 radical (unpaired) electrons. The van der Waals surface area contributed by atoms with Crippen molar-refractivity contribution in [1.29, 1.82) is 0 Å². The summed E-state index contributed by atoms with van der Waals surface area (Å²) in [5, 5.41) is 3.80. The van der Waals surface area contributed by atoms with Gasteiger partial charge in [-0.2, -0.15) is 0 Å². The molecule has 12 heavy (non-hydrogen) atoms. The third kappa shape index (κ3) is 1.52. The fourth-order valence-corrected chi connectivity index (χ4v) is 2.48. The monoisotopic (exact) mass is 167 g/mol. The maximum absolute atomic E-state index is 3.80. The van der Waals surface area contributed by atoms with Crippen molar-refractivity contribution >= 4 is 0 Å². The standard InChI is InChI=1S/C11H21N/c1-8-6-7-11(9(8)2)12-10-4-3-5-10/h8-12H,3-7H2,1-2H3. The molecule has 3 atom stereocenters. The van der Waals surface area contributed by atoms with Crippen molar-refractivity contribution in [3.8, 4) is 0 Å². The van der Waals surface area contributed by atoms with Gasteiger partial charge in [-0.25, -0.2) is 0 Å². The fourth-order valence-electron chi connectivity index (χ4n) is 2.48.